The standard InChI is InChI=1S/C32H40O10/c1-8-16(2)27(36)41-25-22-23(35)30(6,19(28(25,3)4)13-20(33)38-7)18-9-11-29(5)24(17-10-12-39-15-17)40-21(34)14-31(29,37)32(18)26(22)42-32/h8,10,12,15,18-19,22,24-26,37H,9,11,13-14H2,1-7H3/b16-8+/t18-,19+,22-,24+,25-,26-,29+,30-,31?,32+/m1/s1. The minimum absolute atomic E-state index is 0.0816. The van der Waals surface area contributed by atoms with E-state index >= 15 is 0 Å². The second-order valence-electron chi connectivity index (χ2n) is 13.9. The van der Waals surface area contributed by atoms with Crippen molar-refractivity contribution in [2.45, 2.75) is 96.7 Å². The predicted octanol–water partition coefficient (Wildman–Crippen LogP) is 3.85. The molecule has 228 valence electrons. The Morgan fingerprint density at radius 2 is 1.90 bits per heavy atom. The van der Waals surface area contributed by atoms with E-state index in [2.05, 4.69) is 0 Å². The maximum atomic E-state index is 14.7. The number of hydrogen-bond donors (Lipinski definition) is 1. The Bertz CT molecular complexity index is 1380. The molecule has 1 N–H and O–H groups in total. The van der Waals surface area contributed by atoms with Gasteiger partial charge in [-0.05, 0) is 38.7 Å². The summed E-state index contributed by atoms with van der Waals surface area (Å²) in [6, 6.07) is 1.72. The summed E-state index contributed by atoms with van der Waals surface area (Å²) in [6.07, 6.45) is 2.66. The molecule has 10 atom stereocenters. The number of methoxy groups -OCH3 is 1. The van der Waals surface area contributed by atoms with Crippen molar-refractivity contribution in [3.8, 4) is 0 Å². The van der Waals surface area contributed by atoms with Gasteiger partial charge in [-0.1, -0.05) is 33.8 Å². The fraction of sp³-hybridized carbons (Fsp3) is 0.688. The van der Waals surface area contributed by atoms with Crippen molar-refractivity contribution in [2.75, 3.05) is 7.11 Å². The predicted molar refractivity (Wildman–Crippen MR) is 145 cm³/mol. The number of carbonyl (C=O) groups is 4. The largest absolute Gasteiger partial charge is 0.472 e. The Kier molecular flexibility index (Phi) is 6.25. The smallest absolute Gasteiger partial charge is 0.333 e. The fourth-order valence-electron chi connectivity index (χ4n) is 9.62. The summed E-state index contributed by atoms with van der Waals surface area (Å²) in [5, 5.41) is 12.9. The molecule has 0 aromatic carbocycles. The van der Waals surface area contributed by atoms with Gasteiger partial charge in [0, 0.05) is 39.7 Å². The molecule has 3 aliphatic carbocycles. The molecule has 5 aliphatic rings. The third-order valence-corrected chi connectivity index (χ3v) is 12.0. The molecule has 1 aromatic rings. The first kappa shape index (κ1) is 29.1. The van der Waals surface area contributed by atoms with E-state index in [1.165, 1.54) is 19.6 Å². The zero-order valence-electron chi connectivity index (χ0n) is 25.2. The number of hydrogen-bond acceptors (Lipinski definition) is 10. The van der Waals surface area contributed by atoms with E-state index in [9.17, 15) is 24.3 Å². The van der Waals surface area contributed by atoms with Crippen LogP contribution in [0.25, 0.3) is 0 Å². The fourth-order valence-corrected chi connectivity index (χ4v) is 9.62. The lowest BCUT2D eigenvalue weighted by Gasteiger charge is -2.67. The summed E-state index contributed by atoms with van der Waals surface area (Å²) in [5.74, 6) is -3.78. The molecule has 2 saturated heterocycles. The molecule has 6 rings (SSSR count). The van der Waals surface area contributed by atoms with Crippen LogP contribution in [0.4, 0.5) is 0 Å². The summed E-state index contributed by atoms with van der Waals surface area (Å²) < 4.78 is 29.0. The number of rotatable bonds is 5. The number of epoxide rings is 1. The van der Waals surface area contributed by atoms with Crippen molar-refractivity contribution in [3.05, 3.63) is 35.8 Å². The summed E-state index contributed by atoms with van der Waals surface area (Å²) >= 11 is 0. The molecular formula is C32H40O10. The van der Waals surface area contributed by atoms with E-state index in [1.807, 2.05) is 27.7 Å². The number of ether oxygens (including phenoxy) is 4. The van der Waals surface area contributed by atoms with E-state index < -0.39 is 81.4 Å². The van der Waals surface area contributed by atoms with Crippen LogP contribution in [-0.2, 0) is 38.1 Å². The van der Waals surface area contributed by atoms with E-state index in [4.69, 9.17) is 23.4 Å². The van der Waals surface area contributed by atoms with Crippen molar-refractivity contribution < 1.29 is 47.6 Å². The number of ketones is 1. The maximum absolute atomic E-state index is 14.7. The molecule has 42 heavy (non-hydrogen) atoms. The lowest BCUT2D eigenvalue weighted by atomic mass is 9.36. The van der Waals surface area contributed by atoms with Gasteiger partial charge < -0.3 is 28.5 Å². The summed E-state index contributed by atoms with van der Waals surface area (Å²) in [5.41, 5.74) is -4.93. The van der Waals surface area contributed by atoms with Crippen LogP contribution >= 0.6 is 0 Å². The van der Waals surface area contributed by atoms with Gasteiger partial charge in [-0.2, -0.15) is 0 Å². The first-order valence-electron chi connectivity index (χ1n) is 14.7. The van der Waals surface area contributed by atoms with Gasteiger partial charge in [0.15, 0.2) is 0 Å². The lowest BCUT2D eigenvalue weighted by Crippen LogP contribution is -2.77. The van der Waals surface area contributed by atoms with Crippen LogP contribution in [0.2, 0.25) is 0 Å². The Morgan fingerprint density at radius 3 is 2.52 bits per heavy atom. The van der Waals surface area contributed by atoms with Gasteiger partial charge in [-0.3, -0.25) is 14.4 Å². The van der Waals surface area contributed by atoms with Crippen LogP contribution in [0.5, 0.6) is 0 Å². The minimum Gasteiger partial charge on any atom is -0.472 e. The molecule has 0 amide bonds. The van der Waals surface area contributed by atoms with Crippen molar-refractivity contribution in [1.29, 1.82) is 0 Å². The Balaban J connectivity index is 1.53. The Morgan fingerprint density at radius 1 is 1.19 bits per heavy atom. The molecule has 2 aliphatic heterocycles. The number of carbonyl (C=O) groups excluding carboxylic acids is 4. The number of cyclic esters (lactones) is 1. The van der Waals surface area contributed by atoms with Crippen molar-refractivity contribution in [3.63, 3.8) is 0 Å². The molecule has 3 saturated carbocycles. The van der Waals surface area contributed by atoms with Crippen molar-refractivity contribution >= 4 is 23.7 Å². The molecule has 1 spiro atoms. The molecule has 5 fully saturated rings. The number of fused-ring (bicyclic) bond motifs is 5. The number of aliphatic hydroxyl groups is 1. The molecule has 10 heteroatoms. The second-order valence-corrected chi connectivity index (χ2v) is 13.9. The topological polar surface area (TPSA) is 142 Å². The number of allylic oxidation sites excluding steroid dienone is 1. The van der Waals surface area contributed by atoms with Gasteiger partial charge in [-0.25, -0.2) is 4.79 Å². The van der Waals surface area contributed by atoms with Crippen LogP contribution in [-0.4, -0.2) is 59.3 Å². The Hall–Kier alpha value is -2.98. The normalized spacial score (nSPS) is 45.1. The highest BCUT2D eigenvalue weighted by Crippen LogP contribution is 2.78. The summed E-state index contributed by atoms with van der Waals surface area (Å²) in [7, 11) is 1.30. The summed E-state index contributed by atoms with van der Waals surface area (Å²) in [6.45, 7) is 11.0. The van der Waals surface area contributed by atoms with Crippen LogP contribution in [0.15, 0.2) is 34.7 Å². The molecule has 1 aromatic heterocycles. The average Bonchev–Trinajstić information content (AvgIpc) is 3.43. The number of esters is 3. The van der Waals surface area contributed by atoms with Crippen molar-refractivity contribution in [2.24, 2.45) is 34.0 Å². The van der Waals surface area contributed by atoms with Gasteiger partial charge in [0.25, 0.3) is 0 Å². The zero-order chi connectivity index (χ0) is 30.6. The second kappa shape index (κ2) is 9.02. The van der Waals surface area contributed by atoms with E-state index in [0.717, 1.165) is 0 Å². The van der Waals surface area contributed by atoms with E-state index in [1.54, 1.807) is 26.0 Å². The van der Waals surface area contributed by atoms with Crippen LogP contribution < -0.4 is 0 Å². The molecule has 10 nitrogen and oxygen atoms in total. The van der Waals surface area contributed by atoms with Gasteiger partial charge in [-0.15, -0.1) is 0 Å². The maximum Gasteiger partial charge on any atom is 0.333 e. The summed E-state index contributed by atoms with van der Waals surface area (Å²) in [4.78, 5) is 53.9. The zero-order valence-corrected chi connectivity index (χ0v) is 25.2. The molecule has 0 radical (unpaired) electrons. The first-order valence-corrected chi connectivity index (χ1v) is 14.7. The van der Waals surface area contributed by atoms with Crippen LogP contribution in [0.1, 0.15) is 78.9 Å². The SMILES string of the molecule is C/C=C(\C)C(=O)O[C@@H]1[C@H]2C(=O)[C@](C)([C@H]3CC[C@@]4(C)[C@H](c5ccoc5)OC(=O)CC4(O)[C@]34O[C@H]24)[C@@H](CC(=O)OC)C1(C)C. The van der Waals surface area contributed by atoms with Gasteiger partial charge >= 0.3 is 17.9 Å². The van der Waals surface area contributed by atoms with Gasteiger partial charge in [0.05, 0.1) is 32.0 Å². The van der Waals surface area contributed by atoms with Gasteiger partial charge in [0.1, 0.15) is 35.3 Å². The molecule has 2 bridgehead atoms. The molecular weight excluding hydrogens is 544 g/mol. The molecule has 1 unspecified atom stereocenters. The monoisotopic (exact) mass is 584 g/mol. The highest BCUT2D eigenvalue weighted by atomic mass is 16.6. The van der Waals surface area contributed by atoms with E-state index in [-0.39, 0.29) is 18.6 Å². The van der Waals surface area contributed by atoms with E-state index in [0.29, 0.717) is 24.0 Å². The number of Topliss-reactive ketones (excluding diaryl/α,β-unsaturated/α-hetero) is 1. The minimum atomic E-state index is -1.71. The third kappa shape index (κ3) is 3.33. The molecule has 3 heterocycles. The highest BCUT2D eigenvalue weighted by molar-refractivity contribution is 5.94. The first-order chi connectivity index (χ1) is 19.6. The quantitative estimate of drug-likeness (QED) is 0.235. The van der Waals surface area contributed by atoms with Gasteiger partial charge in [0.2, 0.25) is 0 Å². The van der Waals surface area contributed by atoms with Crippen molar-refractivity contribution in [1.82, 2.24) is 0 Å². The lowest BCUT2D eigenvalue weighted by molar-refractivity contribution is -0.273. The average molecular weight is 585 g/mol. The number of furan rings is 1. The van der Waals surface area contributed by atoms with Crippen LogP contribution in [0.3, 0.4) is 0 Å². The third-order valence-electron chi connectivity index (χ3n) is 12.0. The van der Waals surface area contributed by atoms with Crippen LogP contribution in [0, 0.1) is 34.0 Å². The Labute approximate surface area is 245 Å². The highest BCUT2D eigenvalue weighted by Gasteiger charge is 2.90.